The van der Waals surface area contributed by atoms with Crippen LogP contribution in [0.4, 0.5) is 5.69 Å². The maximum atomic E-state index is 12.4. The first-order chi connectivity index (χ1) is 14.7. The molecule has 0 spiro atoms. The third-order valence-corrected chi connectivity index (χ3v) is 4.99. The van der Waals surface area contributed by atoms with Crippen LogP contribution in [0.5, 0.6) is 11.5 Å². The van der Waals surface area contributed by atoms with E-state index < -0.39 is 0 Å². The fourth-order valence-electron chi connectivity index (χ4n) is 2.78. The summed E-state index contributed by atoms with van der Waals surface area (Å²) < 4.78 is 12.3. The van der Waals surface area contributed by atoms with E-state index in [4.69, 9.17) is 9.26 Å². The van der Waals surface area contributed by atoms with E-state index in [1.165, 1.54) is 0 Å². The maximum absolute atomic E-state index is 12.4. The van der Waals surface area contributed by atoms with Crippen molar-refractivity contribution in [3.63, 3.8) is 0 Å². The molecule has 0 bridgehead atoms. The Balaban J connectivity index is 1.36. The molecule has 1 heterocycles. The van der Waals surface area contributed by atoms with E-state index in [0.29, 0.717) is 35.3 Å². The molecule has 1 aromatic heterocycles. The fourth-order valence-corrected chi connectivity index (χ4v) is 3.14. The van der Waals surface area contributed by atoms with E-state index >= 15 is 0 Å². The predicted octanol–water partition coefficient (Wildman–Crippen LogP) is 5.70. The van der Waals surface area contributed by atoms with Crippen LogP contribution in [0.2, 0.25) is 0 Å². The van der Waals surface area contributed by atoms with Gasteiger partial charge in [0.2, 0.25) is 17.6 Å². The van der Waals surface area contributed by atoms with Gasteiger partial charge in [0.1, 0.15) is 5.75 Å². The molecule has 1 amide bonds. The molecule has 0 saturated carbocycles. The largest absolute Gasteiger partial charge is 0.455 e. The fraction of sp³-hybridized carbons (Fsp3) is 0.0870. The maximum Gasteiger partial charge on any atom is 0.227 e. The Morgan fingerprint density at radius 1 is 0.967 bits per heavy atom. The lowest BCUT2D eigenvalue weighted by Gasteiger charge is -2.11. The standard InChI is InChI=1S/C23H18IN3O3/c24-17-12-10-16(11-13-17)23-26-22(30-27-23)15-14-21(28)25-19-8-4-5-9-20(19)29-18-6-2-1-3-7-18/h1-13H,14-15H2,(H,25,28). The minimum atomic E-state index is -0.159. The highest BCUT2D eigenvalue weighted by atomic mass is 127. The topological polar surface area (TPSA) is 77.2 Å². The molecule has 0 aliphatic heterocycles. The van der Waals surface area contributed by atoms with E-state index in [2.05, 4.69) is 38.0 Å². The molecule has 7 heteroatoms. The number of aryl methyl sites for hydroxylation is 1. The Morgan fingerprint density at radius 2 is 1.70 bits per heavy atom. The van der Waals surface area contributed by atoms with Gasteiger partial charge in [-0.15, -0.1) is 0 Å². The van der Waals surface area contributed by atoms with Gasteiger partial charge in [0.25, 0.3) is 0 Å². The van der Waals surface area contributed by atoms with Crippen molar-refractivity contribution in [2.24, 2.45) is 0 Å². The number of hydrogen-bond donors (Lipinski definition) is 1. The smallest absolute Gasteiger partial charge is 0.227 e. The Bertz CT molecular complexity index is 1130. The number of benzene rings is 3. The van der Waals surface area contributed by atoms with Crippen molar-refractivity contribution in [3.8, 4) is 22.9 Å². The van der Waals surface area contributed by atoms with Gasteiger partial charge in [-0.05, 0) is 59.0 Å². The van der Waals surface area contributed by atoms with Crippen molar-refractivity contribution < 1.29 is 14.1 Å². The third kappa shape index (κ3) is 5.24. The Kier molecular flexibility index (Phi) is 6.38. The number of carbonyl (C=O) groups is 1. The summed E-state index contributed by atoms with van der Waals surface area (Å²) in [5.74, 6) is 2.06. The summed E-state index contributed by atoms with van der Waals surface area (Å²) in [7, 11) is 0. The molecular weight excluding hydrogens is 493 g/mol. The lowest BCUT2D eigenvalue weighted by Crippen LogP contribution is -2.13. The van der Waals surface area contributed by atoms with Crippen LogP contribution in [-0.2, 0) is 11.2 Å². The van der Waals surface area contributed by atoms with Crippen LogP contribution in [0, 0.1) is 3.57 Å². The third-order valence-electron chi connectivity index (χ3n) is 4.27. The Hall–Kier alpha value is -3.20. The number of carbonyl (C=O) groups excluding carboxylic acids is 1. The lowest BCUT2D eigenvalue weighted by molar-refractivity contribution is -0.116. The molecule has 4 rings (SSSR count). The van der Waals surface area contributed by atoms with Crippen molar-refractivity contribution >= 4 is 34.2 Å². The van der Waals surface area contributed by atoms with Gasteiger partial charge in [-0.1, -0.05) is 47.6 Å². The average Bonchev–Trinajstić information content (AvgIpc) is 3.24. The van der Waals surface area contributed by atoms with Crippen LogP contribution >= 0.6 is 22.6 Å². The predicted molar refractivity (Wildman–Crippen MR) is 122 cm³/mol. The molecular formula is C23H18IN3O3. The van der Waals surface area contributed by atoms with Gasteiger partial charge in [-0.2, -0.15) is 4.98 Å². The Morgan fingerprint density at radius 3 is 2.50 bits per heavy atom. The monoisotopic (exact) mass is 511 g/mol. The zero-order chi connectivity index (χ0) is 20.8. The number of nitrogens with zero attached hydrogens (tertiary/aromatic N) is 2. The molecule has 6 nitrogen and oxygen atoms in total. The zero-order valence-corrected chi connectivity index (χ0v) is 18.1. The average molecular weight is 511 g/mol. The molecule has 4 aromatic rings. The number of rotatable bonds is 7. The lowest BCUT2D eigenvalue weighted by atomic mass is 10.2. The van der Waals surface area contributed by atoms with Gasteiger partial charge in [0.15, 0.2) is 5.75 Å². The van der Waals surface area contributed by atoms with Gasteiger partial charge in [0, 0.05) is 22.0 Å². The molecule has 0 atom stereocenters. The van der Waals surface area contributed by atoms with Gasteiger partial charge in [0.05, 0.1) is 5.69 Å². The molecule has 0 aliphatic carbocycles. The molecule has 150 valence electrons. The number of aromatic nitrogens is 2. The number of nitrogens with one attached hydrogen (secondary N) is 1. The van der Waals surface area contributed by atoms with E-state index in [-0.39, 0.29) is 12.3 Å². The van der Waals surface area contributed by atoms with Crippen LogP contribution < -0.4 is 10.1 Å². The summed E-state index contributed by atoms with van der Waals surface area (Å²) in [5, 5.41) is 6.89. The number of amides is 1. The first-order valence-electron chi connectivity index (χ1n) is 9.38. The summed E-state index contributed by atoms with van der Waals surface area (Å²) in [6.45, 7) is 0. The molecule has 30 heavy (non-hydrogen) atoms. The molecule has 0 saturated heterocycles. The van der Waals surface area contributed by atoms with Gasteiger partial charge in [-0.3, -0.25) is 4.79 Å². The molecule has 1 N–H and O–H groups in total. The molecule has 0 fully saturated rings. The van der Waals surface area contributed by atoms with Crippen LogP contribution in [0.3, 0.4) is 0 Å². The molecule has 0 aliphatic rings. The van der Waals surface area contributed by atoms with Crippen molar-refractivity contribution in [2.75, 3.05) is 5.32 Å². The van der Waals surface area contributed by atoms with Gasteiger partial charge in [-0.25, -0.2) is 0 Å². The second-order valence-electron chi connectivity index (χ2n) is 6.48. The van der Waals surface area contributed by atoms with Crippen molar-refractivity contribution in [3.05, 3.63) is 88.3 Å². The zero-order valence-electron chi connectivity index (χ0n) is 15.9. The van der Waals surface area contributed by atoms with E-state index in [9.17, 15) is 4.79 Å². The summed E-state index contributed by atoms with van der Waals surface area (Å²) in [5.41, 5.74) is 1.48. The first-order valence-corrected chi connectivity index (χ1v) is 10.5. The van der Waals surface area contributed by atoms with Crippen LogP contribution in [0.25, 0.3) is 11.4 Å². The molecule has 0 radical (unpaired) electrons. The van der Waals surface area contributed by atoms with E-state index in [1.54, 1.807) is 6.07 Å². The van der Waals surface area contributed by atoms with Crippen LogP contribution in [0.15, 0.2) is 83.4 Å². The van der Waals surface area contributed by atoms with E-state index in [0.717, 1.165) is 9.13 Å². The normalized spacial score (nSPS) is 10.6. The number of hydrogen-bond acceptors (Lipinski definition) is 5. The SMILES string of the molecule is O=C(CCc1nc(-c2ccc(I)cc2)no1)Nc1ccccc1Oc1ccccc1. The minimum absolute atomic E-state index is 0.159. The molecule has 0 unspecified atom stereocenters. The highest BCUT2D eigenvalue weighted by Gasteiger charge is 2.12. The van der Waals surface area contributed by atoms with Crippen molar-refractivity contribution in [2.45, 2.75) is 12.8 Å². The van der Waals surface area contributed by atoms with Gasteiger partial charge < -0.3 is 14.6 Å². The second-order valence-corrected chi connectivity index (χ2v) is 7.72. The number of halogens is 1. The summed E-state index contributed by atoms with van der Waals surface area (Å²) >= 11 is 2.24. The van der Waals surface area contributed by atoms with E-state index in [1.807, 2.05) is 72.8 Å². The highest BCUT2D eigenvalue weighted by Crippen LogP contribution is 2.29. The number of ether oxygens (including phenoxy) is 1. The number of para-hydroxylation sites is 3. The summed E-state index contributed by atoms with van der Waals surface area (Å²) in [6, 6.07) is 24.6. The van der Waals surface area contributed by atoms with Crippen LogP contribution in [0.1, 0.15) is 12.3 Å². The highest BCUT2D eigenvalue weighted by molar-refractivity contribution is 14.1. The first kappa shape index (κ1) is 20.1. The van der Waals surface area contributed by atoms with Gasteiger partial charge >= 0.3 is 0 Å². The summed E-state index contributed by atoms with van der Waals surface area (Å²) in [6.07, 6.45) is 0.568. The summed E-state index contributed by atoms with van der Waals surface area (Å²) in [4.78, 5) is 16.8. The molecule has 3 aromatic carbocycles. The minimum Gasteiger partial charge on any atom is -0.455 e. The van der Waals surface area contributed by atoms with Crippen molar-refractivity contribution in [1.29, 1.82) is 0 Å². The quantitative estimate of drug-likeness (QED) is 0.322. The second kappa shape index (κ2) is 9.53. The Labute approximate surface area is 187 Å². The van der Waals surface area contributed by atoms with Crippen molar-refractivity contribution in [1.82, 2.24) is 10.1 Å². The van der Waals surface area contributed by atoms with Crippen LogP contribution in [-0.4, -0.2) is 16.0 Å². The number of anilines is 1.